The van der Waals surface area contributed by atoms with Crippen molar-refractivity contribution in [2.75, 3.05) is 5.73 Å². The first-order chi connectivity index (χ1) is 9.24. The average molecular weight is 256 g/mol. The van der Waals surface area contributed by atoms with E-state index in [1.165, 1.54) is 37.7 Å². The molecule has 2 heteroatoms. The van der Waals surface area contributed by atoms with Crippen molar-refractivity contribution in [2.45, 2.75) is 44.6 Å². The van der Waals surface area contributed by atoms with Crippen LogP contribution in [0, 0.1) is 23.7 Å². The zero-order valence-corrected chi connectivity index (χ0v) is 11.5. The summed E-state index contributed by atoms with van der Waals surface area (Å²) in [6.07, 6.45) is 7.41. The Morgan fingerprint density at radius 2 is 1.58 bits per heavy atom. The number of benzene rings is 1. The minimum Gasteiger partial charge on any atom is -0.398 e. The fourth-order valence-corrected chi connectivity index (χ4v) is 5.48. The summed E-state index contributed by atoms with van der Waals surface area (Å²) >= 11 is 0. The van der Waals surface area contributed by atoms with Crippen LogP contribution in [-0.2, 0) is 6.54 Å². The Kier molecular flexibility index (Phi) is 2.63. The van der Waals surface area contributed by atoms with Crippen molar-refractivity contribution < 1.29 is 0 Å². The molecule has 2 nitrogen and oxygen atoms in total. The summed E-state index contributed by atoms with van der Waals surface area (Å²) in [5.41, 5.74) is 15.3. The van der Waals surface area contributed by atoms with Crippen LogP contribution in [0.15, 0.2) is 18.2 Å². The first-order valence-corrected chi connectivity index (χ1v) is 7.83. The molecule has 0 aliphatic heterocycles. The van der Waals surface area contributed by atoms with Gasteiger partial charge in [-0.3, -0.25) is 0 Å². The topological polar surface area (TPSA) is 52.0 Å². The zero-order valence-electron chi connectivity index (χ0n) is 11.5. The maximum absolute atomic E-state index is 5.99. The van der Waals surface area contributed by atoms with Gasteiger partial charge >= 0.3 is 0 Å². The molecule has 4 fully saturated rings. The molecule has 4 aliphatic carbocycles. The summed E-state index contributed by atoms with van der Waals surface area (Å²) in [4.78, 5) is 0. The van der Waals surface area contributed by atoms with Crippen LogP contribution < -0.4 is 11.5 Å². The molecule has 5 rings (SSSR count). The number of hydrogen-bond acceptors (Lipinski definition) is 2. The van der Waals surface area contributed by atoms with Crippen molar-refractivity contribution in [1.29, 1.82) is 0 Å². The Bertz CT molecular complexity index is 466. The number of rotatable bonds is 2. The molecule has 0 amide bonds. The van der Waals surface area contributed by atoms with Gasteiger partial charge in [-0.05, 0) is 78.9 Å². The summed E-state index contributed by atoms with van der Waals surface area (Å²) in [7, 11) is 0. The molecule has 4 bridgehead atoms. The molecule has 0 spiro atoms. The van der Waals surface area contributed by atoms with Crippen LogP contribution in [-0.4, -0.2) is 0 Å². The minimum absolute atomic E-state index is 0.562. The predicted molar refractivity (Wildman–Crippen MR) is 78.5 cm³/mol. The Morgan fingerprint density at radius 1 is 0.947 bits per heavy atom. The summed E-state index contributed by atoms with van der Waals surface area (Å²) in [5.74, 6) is 4.75. The highest BCUT2D eigenvalue weighted by Crippen LogP contribution is 2.59. The molecule has 0 aromatic heterocycles. The van der Waals surface area contributed by atoms with E-state index >= 15 is 0 Å². The Labute approximate surface area is 115 Å². The fraction of sp³-hybridized carbons (Fsp3) is 0.647. The minimum atomic E-state index is 0.562. The SMILES string of the molecule is NCc1cc(C2C3CC4CC(C3)CC2C4)ccc1N. The Morgan fingerprint density at radius 3 is 2.16 bits per heavy atom. The highest BCUT2D eigenvalue weighted by Gasteiger charge is 2.48. The number of nitrogens with two attached hydrogens (primary N) is 2. The molecule has 0 unspecified atom stereocenters. The van der Waals surface area contributed by atoms with Gasteiger partial charge in [-0.1, -0.05) is 12.1 Å². The highest BCUT2D eigenvalue weighted by atomic mass is 14.6. The van der Waals surface area contributed by atoms with Crippen molar-refractivity contribution in [3.63, 3.8) is 0 Å². The molecule has 4 saturated carbocycles. The second-order valence-electron chi connectivity index (χ2n) is 7.12. The number of hydrogen-bond donors (Lipinski definition) is 2. The molecule has 0 radical (unpaired) electrons. The van der Waals surface area contributed by atoms with Crippen LogP contribution in [0.1, 0.15) is 49.1 Å². The van der Waals surface area contributed by atoms with Crippen molar-refractivity contribution >= 4 is 5.69 Å². The quantitative estimate of drug-likeness (QED) is 0.798. The lowest BCUT2D eigenvalue weighted by atomic mass is 9.50. The molecular formula is C17H24N2. The smallest absolute Gasteiger partial charge is 0.0359 e. The monoisotopic (exact) mass is 256 g/mol. The highest BCUT2D eigenvalue weighted by molar-refractivity contribution is 5.49. The number of nitrogen functional groups attached to an aromatic ring is 1. The Hall–Kier alpha value is -1.02. The second-order valence-corrected chi connectivity index (χ2v) is 7.12. The molecule has 0 heterocycles. The van der Waals surface area contributed by atoms with Crippen molar-refractivity contribution in [3.05, 3.63) is 29.3 Å². The van der Waals surface area contributed by atoms with E-state index in [1.807, 2.05) is 0 Å². The first-order valence-electron chi connectivity index (χ1n) is 7.83. The van der Waals surface area contributed by atoms with Crippen LogP contribution >= 0.6 is 0 Å². The van der Waals surface area contributed by atoms with Crippen LogP contribution in [0.5, 0.6) is 0 Å². The van der Waals surface area contributed by atoms with Gasteiger partial charge in [-0.25, -0.2) is 0 Å². The molecule has 4 N–H and O–H groups in total. The van der Waals surface area contributed by atoms with Gasteiger partial charge in [0.25, 0.3) is 0 Å². The lowest BCUT2D eigenvalue weighted by Crippen LogP contribution is -2.43. The maximum atomic E-state index is 5.99. The van der Waals surface area contributed by atoms with Crippen molar-refractivity contribution in [1.82, 2.24) is 0 Å². The predicted octanol–water partition coefficient (Wildman–Crippen LogP) is 3.27. The van der Waals surface area contributed by atoms with E-state index in [-0.39, 0.29) is 0 Å². The van der Waals surface area contributed by atoms with E-state index in [1.54, 1.807) is 0 Å². The summed E-state index contributed by atoms with van der Waals surface area (Å²) in [6, 6.07) is 6.63. The summed E-state index contributed by atoms with van der Waals surface area (Å²) in [5, 5.41) is 0. The fourth-order valence-electron chi connectivity index (χ4n) is 5.48. The molecular weight excluding hydrogens is 232 g/mol. The number of anilines is 1. The normalized spacial score (nSPS) is 39.7. The van der Waals surface area contributed by atoms with Gasteiger partial charge in [-0.15, -0.1) is 0 Å². The van der Waals surface area contributed by atoms with Gasteiger partial charge in [0.05, 0.1) is 0 Å². The van der Waals surface area contributed by atoms with E-state index in [2.05, 4.69) is 18.2 Å². The largest absolute Gasteiger partial charge is 0.398 e. The molecule has 19 heavy (non-hydrogen) atoms. The molecule has 1 aromatic rings. The maximum Gasteiger partial charge on any atom is 0.0359 e. The van der Waals surface area contributed by atoms with E-state index in [4.69, 9.17) is 11.5 Å². The van der Waals surface area contributed by atoms with Crippen LogP contribution in [0.4, 0.5) is 5.69 Å². The van der Waals surface area contributed by atoms with E-state index in [9.17, 15) is 0 Å². The van der Waals surface area contributed by atoms with Crippen LogP contribution in [0.2, 0.25) is 0 Å². The summed E-state index contributed by atoms with van der Waals surface area (Å²) < 4.78 is 0. The van der Waals surface area contributed by atoms with Gasteiger partial charge in [0.1, 0.15) is 0 Å². The van der Waals surface area contributed by atoms with Crippen molar-refractivity contribution in [2.24, 2.45) is 29.4 Å². The van der Waals surface area contributed by atoms with E-state index in [0.29, 0.717) is 6.54 Å². The average Bonchev–Trinajstić information content (AvgIpc) is 2.39. The first kappa shape index (κ1) is 11.8. The molecule has 0 atom stereocenters. The molecule has 102 valence electrons. The Balaban J connectivity index is 1.69. The summed E-state index contributed by atoms with van der Waals surface area (Å²) in [6.45, 7) is 0.562. The van der Waals surface area contributed by atoms with Gasteiger partial charge in [0.15, 0.2) is 0 Å². The third kappa shape index (κ3) is 1.80. The van der Waals surface area contributed by atoms with E-state index < -0.39 is 0 Å². The second kappa shape index (κ2) is 4.24. The van der Waals surface area contributed by atoms with Crippen LogP contribution in [0.25, 0.3) is 0 Å². The van der Waals surface area contributed by atoms with Crippen molar-refractivity contribution in [3.8, 4) is 0 Å². The lowest BCUT2D eigenvalue weighted by molar-refractivity contribution is -0.00279. The third-order valence-electron chi connectivity index (χ3n) is 6.00. The third-order valence-corrected chi connectivity index (χ3v) is 6.00. The van der Waals surface area contributed by atoms with Gasteiger partial charge < -0.3 is 11.5 Å². The molecule has 0 saturated heterocycles. The van der Waals surface area contributed by atoms with E-state index in [0.717, 1.165) is 40.8 Å². The molecule has 1 aromatic carbocycles. The van der Waals surface area contributed by atoms with Gasteiger partial charge in [-0.2, -0.15) is 0 Å². The standard InChI is InChI=1S/C17H24N2/c18-9-15-8-12(1-2-16(15)19)17-13-4-10-3-11(6-13)7-14(17)5-10/h1-2,8,10-11,13-14,17H,3-7,9,18-19H2. The van der Waals surface area contributed by atoms with Crippen LogP contribution in [0.3, 0.4) is 0 Å². The lowest BCUT2D eigenvalue weighted by Gasteiger charge is -2.54. The van der Waals surface area contributed by atoms with Gasteiger partial charge in [0.2, 0.25) is 0 Å². The van der Waals surface area contributed by atoms with Gasteiger partial charge in [0, 0.05) is 12.2 Å². The molecule has 4 aliphatic rings. The zero-order chi connectivity index (χ0) is 13.0.